The van der Waals surface area contributed by atoms with Gasteiger partial charge in [-0.2, -0.15) is 0 Å². The van der Waals surface area contributed by atoms with Crippen LogP contribution < -0.4 is 15.4 Å². The predicted octanol–water partition coefficient (Wildman–Crippen LogP) is 1.94. The minimum atomic E-state index is -0.501. The molecule has 0 radical (unpaired) electrons. The summed E-state index contributed by atoms with van der Waals surface area (Å²) in [6, 6.07) is 7.51. The van der Waals surface area contributed by atoms with Gasteiger partial charge in [-0.3, -0.25) is 0 Å². The fourth-order valence-electron chi connectivity index (χ4n) is 1.88. The van der Waals surface area contributed by atoms with Gasteiger partial charge >= 0.3 is 6.03 Å². The van der Waals surface area contributed by atoms with E-state index in [9.17, 15) is 9.90 Å². The number of benzene rings is 1. The van der Waals surface area contributed by atoms with Crippen molar-refractivity contribution in [3.63, 3.8) is 0 Å². The normalized spacial score (nSPS) is 13.3. The maximum Gasteiger partial charge on any atom is 0.314 e. The van der Waals surface area contributed by atoms with Crippen molar-refractivity contribution in [1.82, 2.24) is 10.6 Å². The van der Waals surface area contributed by atoms with E-state index >= 15 is 0 Å². The van der Waals surface area contributed by atoms with Gasteiger partial charge in [0.25, 0.3) is 0 Å². The first kappa shape index (κ1) is 17.3. The van der Waals surface area contributed by atoms with Crippen molar-refractivity contribution in [1.29, 1.82) is 0 Å². The molecule has 21 heavy (non-hydrogen) atoms. The zero-order valence-electron chi connectivity index (χ0n) is 13.1. The van der Waals surface area contributed by atoms with Crippen molar-refractivity contribution in [2.75, 3.05) is 20.2 Å². The highest BCUT2D eigenvalue weighted by atomic mass is 16.5. The summed E-state index contributed by atoms with van der Waals surface area (Å²) in [5, 5.41) is 15.2. The molecule has 5 nitrogen and oxygen atoms in total. The minimum Gasteiger partial charge on any atom is -0.497 e. The van der Waals surface area contributed by atoms with Crippen LogP contribution in [0.1, 0.15) is 25.8 Å². The Hall–Kier alpha value is -1.75. The first-order chi connectivity index (χ1) is 10.1. The summed E-state index contributed by atoms with van der Waals surface area (Å²) >= 11 is 0. The number of carbonyl (C=O) groups excluding carboxylic acids is 1. The highest BCUT2D eigenvalue weighted by Gasteiger charge is 2.12. The summed E-state index contributed by atoms with van der Waals surface area (Å²) in [5.41, 5.74) is 1.11. The maximum atomic E-state index is 11.6. The van der Waals surface area contributed by atoms with Crippen molar-refractivity contribution in [3.05, 3.63) is 29.8 Å². The lowest BCUT2D eigenvalue weighted by Crippen LogP contribution is -2.42. The van der Waals surface area contributed by atoms with Gasteiger partial charge in [-0.1, -0.05) is 32.4 Å². The van der Waals surface area contributed by atoms with Gasteiger partial charge in [-0.15, -0.1) is 0 Å². The average molecular weight is 294 g/mol. The third kappa shape index (κ3) is 6.49. The highest BCUT2D eigenvalue weighted by molar-refractivity contribution is 5.73. The quantitative estimate of drug-likeness (QED) is 0.686. The molecule has 2 unspecified atom stereocenters. The smallest absolute Gasteiger partial charge is 0.314 e. The summed E-state index contributed by atoms with van der Waals surface area (Å²) in [6.07, 6.45) is 1.12. The van der Waals surface area contributed by atoms with Gasteiger partial charge < -0.3 is 20.5 Å². The van der Waals surface area contributed by atoms with Crippen molar-refractivity contribution >= 4 is 6.03 Å². The maximum absolute atomic E-state index is 11.6. The van der Waals surface area contributed by atoms with Gasteiger partial charge in [0, 0.05) is 13.1 Å². The lowest BCUT2D eigenvalue weighted by atomic mass is 10.0. The van der Waals surface area contributed by atoms with Gasteiger partial charge in [0.2, 0.25) is 0 Å². The van der Waals surface area contributed by atoms with E-state index in [1.807, 2.05) is 38.1 Å². The number of rotatable bonds is 8. The number of carbonyl (C=O) groups is 1. The van der Waals surface area contributed by atoms with E-state index in [0.717, 1.165) is 24.2 Å². The van der Waals surface area contributed by atoms with Crippen molar-refractivity contribution < 1.29 is 14.6 Å². The Morgan fingerprint density at radius 1 is 1.38 bits per heavy atom. The molecule has 0 aliphatic heterocycles. The fourth-order valence-corrected chi connectivity index (χ4v) is 1.88. The molecule has 5 heteroatoms. The van der Waals surface area contributed by atoms with E-state index < -0.39 is 6.10 Å². The molecule has 0 spiro atoms. The Morgan fingerprint density at radius 2 is 2.14 bits per heavy atom. The molecule has 0 aliphatic carbocycles. The second kappa shape index (κ2) is 9.23. The molecular weight excluding hydrogens is 268 g/mol. The van der Waals surface area contributed by atoms with Gasteiger partial charge in [-0.05, 0) is 30.0 Å². The van der Waals surface area contributed by atoms with Crippen molar-refractivity contribution in [3.8, 4) is 5.75 Å². The van der Waals surface area contributed by atoms with E-state index in [0.29, 0.717) is 6.54 Å². The molecule has 0 saturated heterocycles. The Labute approximate surface area is 126 Å². The first-order valence-electron chi connectivity index (χ1n) is 7.39. The minimum absolute atomic E-state index is 0.182. The number of hydrogen-bond donors (Lipinski definition) is 3. The van der Waals surface area contributed by atoms with Gasteiger partial charge in [-0.25, -0.2) is 4.79 Å². The molecule has 0 aromatic heterocycles. The molecule has 1 aromatic carbocycles. The molecule has 0 bridgehead atoms. The molecule has 1 aromatic rings. The van der Waals surface area contributed by atoms with E-state index in [2.05, 4.69) is 10.6 Å². The van der Waals surface area contributed by atoms with E-state index in [-0.39, 0.29) is 18.5 Å². The molecule has 0 heterocycles. The van der Waals surface area contributed by atoms with Crippen LogP contribution in [-0.2, 0) is 6.42 Å². The standard InChI is InChI=1S/C16H26N2O3/c1-4-12(2)15(19)11-18-16(20)17-9-8-13-6-5-7-14(10-13)21-3/h5-7,10,12,15,19H,4,8-9,11H2,1-3H3,(H2,17,18,20). The Kier molecular flexibility index (Phi) is 7.61. The number of aliphatic hydroxyl groups excluding tert-OH is 1. The molecule has 2 atom stereocenters. The summed E-state index contributed by atoms with van der Waals surface area (Å²) in [4.78, 5) is 11.6. The zero-order valence-corrected chi connectivity index (χ0v) is 13.1. The summed E-state index contributed by atoms with van der Waals surface area (Å²) in [6.45, 7) is 4.80. The van der Waals surface area contributed by atoms with Gasteiger partial charge in [0.15, 0.2) is 0 Å². The van der Waals surface area contributed by atoms with Crippen molar-refractivity contribution in [2.45, 2.75) is 32.8 Å². The fraction of sp³-hybridized carbons (Fsp3) is 0.562. The van der Waals surface area contributed by atoms with E-state index in [1.54, 1.807) is 7.11 Å². The largest absolute Gasteiger partial charge is 0.497 e. The van der Waals surface area contributed by atoms with Gasteiger partial charge in [0.1, 0.15) is 5.75 Å². The molecule has 2 amide bonds. The van der Waals surface area contributed by atoms with Crippen LogP contribution in [0.3, 0.4) is 0 Å². The zero-order chi connectivity index (χ0) is 15.7. The molecular formula is C16H26N2O3. The predicted molar refractivity (Wildman–Crippen MR) is 83.6 cm³/mol. The third-order valence-electron chi connectivity index (χ3n) is 3.61. The second-order valence-corrected chi connectivity index (χ2v) is 5.19. The number of ether oxygens (including phenoxy) is 1. The van der Waals surface area contributed by atoms with Crippen molar-refractivity contribution in [2.24, 2.45) is 5.92 Å². The van der Waals surface area contributed by atoms with Crippen LogP contribution in [0.25, 0.3) is 0 Å². The third-order valence-corrected chi connectivity index (χ3v) is 3.61. The molecule has 3 N–H and O–H groups in total. The number of aliphatic hydroxyl groups is 1. The van der Waals surface area contributed by atoms with Crippen LogP contribution in [0, 0.1) is 5.92 Å². The van der Waals surface area contributed by atoms with Crippen LogP contribution in [0.2, 0.25) is 0 Å². The highest BCUT2D eigenvalue weighted by Crippen LogP contribution is 2.12. The first-order valence-corrected chi connectivity index (χ1v) is 7.39. The SMILES string of the molecule is CCC(C)C(O)CNC(=O)NCCc1cccc(OC)c1. The van der Waals surface area contributed by atoms with E-state index in [4.69, 9.17) is 4.74 Å². The monoisotopic (exact) mass is 294 g/mol. The summed E-state index contributed by atoms with van der Waals surface area (Å²) in [7, 11) is 1.63. The number of amides is 2. The lowest BCUT2D eigenvalue weighted by molar-refractivity contribution is 0.114. The number of hydrogen-bond acceptors (Lipinski definition) is 3. The molecule has 0 fully saturated rings. The van der Waals surface area contributed by atoms with Crippen LogP contribution in [0.5, 0.6) is 5.75 Å². The van der Waals surface area contributed by atoms with Gasteiger partial charge in [0.05, 0.1) is 13.2 Å². The number of nitrogens with one attached hydrogen (secondary N) is 2. The van der Waals surface area contributed by atoms with Crippen LogP contribution in [-0.4, -0.2) is 37.4 Å². The summed E-state index contributed by atoms with van der Waals surface area (Å²) in [5.74, 6) is 0.996. The molecule has 0 aliphatic rings. The van der Waals surface area contributed by atoms with Crippen LogP contribution in [0.4, 0.5) is 4.79 Å². The molecule has 118 valence electrons. The van der Waals surface area contributed by atoms with Crippen LogP contribution in [0.15, 0.2) is 24.3 Å². The van der Waals surface area contributed by atoms with Crippen LogP contribution >= 0.6 is 0 Å². The summed E-state index contributed by atoms with van der Waals surface area (Å²) < 4.78 is 5.15. The Balaban J connectivity index is 2.24. The molecule has 0 saturated carbocycles. The Morgan fingerprint density at radius 3 is 2.81 bits per heavy atom. The molecule has 1 rings (SSSR count). The lowest BCUT2D eigenvalue weighted by Gasteiger charge is -2.17. The van der Waals surface area contributed by atoms with E-state index in [1.165, 1.54) is 0 Å². The second-order valence-electron chi connectivity index (χ2n) is 5.19. The Bertz CT molecular complexity index is 437. The average Bonchev–Trinajstić information content (AvgIpc) is 2.51. The number of urea groups is 1. The number of methoxy groups -OCH3 is 1. The topological polar surface area (TPSA) is 70.6 Å².